The van der Waals surface area contributed by atoms with E-state index in [4.69, 9.17) is 4.98 Å². The number of anilines is 1. The van der Waals surface area contributed by atoms with Crippen molar-refractivity contribution in [1.29, 1.82) is 0 Å². The van der Waals surface area contributed by atoms with Crippen molar-refractivity contribution < 1.29 is 0 Å². The number of nitrogens with zero attached hydrogens (tertiary/aromatic N) is 3. The van der Waals surface area contributed by atoms with Crippen LogP contribution in [0.25, 0.3) is 0 Å². The lowest BCUT2D eigenvalue weighted by atomic mass is 9.76. The molecule has 118 valence electrons. The van der Waals surface area contributed by atoms with E-state index in [0.717, 1.165) is 39.1 Å². The number of fused-ring (bicyclic) bond motifs is 1. The normalized spacial score (nSPS) is 25.9. The summed E-state index contributed by atoms with van der Waals surface area (Å²) in [6, 6.07) is 0.493. The highest BCUT2D eigenvalue weighted by molar-refractivity contribution is 7.15. The van der Waals surface area contributed by atoms with Crippen molar-refractivity contribution in [3.63, 3.8) is 0 Å². The molecule has 1 fully saturated rings. The zero-order valence-corrected chi connectivity index (χ0v) is 14.6. The van der Waals surface area contributed by atoms with Gasteiger partial charge < -0.3 is 15.1 Å². The third kappa shape index (κ3) is 3.25. The molecule has 1 aliphatic heterocycles. The Bertz CT molecular complexity index is 488. The third-order valence-corrected chi connectivity index (χ3v) is 5.93. The molecule has 1 saturated heterocycles. The highest BCUT2D eigenvalue weighted by Crippen LogP contribution is 2.44. The fourth-order valence-electron chi connectivity index (χ4n) is 3.46. The Morgan fingerprint density at radius 3 is 2.67 bits per heavy atom. The van der Waals surface area contributed by atoms with Gasteiger partial charge in [0.15, 0.2) is 5.13 Å². The van der Waals surface area contributed by atoms with Crippen LogP contribution in [0.3, 0.4) is 0 Å². The topological polar surface area (TPSA) is 31.4 Å². The van der Waals surface area contributed by atoms with Gasteiger partial charge in [-0.15, -0.1) is 0 Å². The number of hydrogen-bond donors (Lipinski definition) is 1. The van der Waals surface area contributed by atoms with E-state index in [9.17, 15) is 0 Å². The van der Waals surface area contributed by atoms with Gasteiger partial charge in [0.25, 0.3) is 0 Å². The van der Waals surface area contributed by atoms with E-state index in [-0.39, 0.29) is 0 Å². The van der Waals surface area contributed by atoms with Crippen LogP contribution in [0, 0.1) is 5.41 Å². The van der Waals surface area contributed by atoms with E-state index in [1.165, 1.54) is 22.1 Å². The molecule has 5 heteroatoms. The number of aromatic nitrogens is 1. The van der Waals surface area contributed by atoms with E-state index in [1.54, 1.807) is 0 Å². The Morgan fingerprint density at radius 2 is 2.00 bits per heavy atom. The van der Waals surface area contributed by atoms with Gasteiger partial charge in [-0.05, 0) is 31.8 Å². The number of hydrogen-bond acceptors (Lipinski definition) is 5. The van der Waals surface area contributed by atoms with E-state index in [0.29, 0.717) is 11.5 Å². The van der Waals surface area contributed by atoms with Crippen molar-refractivity contribution in [2.75, 3.05) is 44.7 Å². The van der Waals surface area contributed by atoms with Crippen LogP contribution in [0.1, 0.15) is 43.8 Å². The van der Waals surface area contributed by atoms with Crippen molar-refractivity contribution in [3.8, 4) is 0 Å². The standard InChI is InChI=1S/C16H28N4S/c1-5-17-12-10-16(2,3)11-13-14(12)21-15(18-13)20-8-6-19(4)7-9-20/h12,17H,5-11H2,1-4H3. The van der Waals surface area contributed by atoms with Crippen LogP contribution in [0.2, 0.25) is 0 Å². The summed E-state index contributed by atoms with van der Waals surface area (Å²) in [7, 11) is 2.20. The lowest BCUT2D eigenvalue weighted by Gasteiger charge is -2.34. The second kappa shape index (κ2) is 5.86. The molecule has 1 aliphatic carbocycles. The minimum absolute atomic E-state index is 0.354. The fraction of sp³-hybridized carbons (Fsp3) is 0.812. The van der Waals surface area contributed by atoms with E-state index in [1.807, 2.05) is 11.3 Å². The minimum atomic E-state index is 0.354. The van der Waals surface area contributed by atoms with Gasteiger partial charge in [-0.25, -0.2) is 4.98 Å². The Kier molecular flexibility index (Phi) is 4.26. The fourth-order valence-corrected chi connectivity index (χ4v) is 4.67. The smallest absolute Gasteiger partial charge is 0.185 e. The van der Waals surface area contributed by atoms with E-state index in [2.05, 4.69) is 42.9 Å². The summed E-state index contributed by atoms with van der Waals surface area (Å²) >= 11 is 1.93. The first-order valence-corrected chi connectivity index (χ1v) is 8.96. The van der Waals surface area contributed by atoms with Gasteiger partial charge in [0.05, 0.1) is 5.69 Å². The van der Waals surface area contributed by atoms with Gasteiger partial charge in [0, 0.05) is 37.1 Å². The summed E-state index contributed by atoms with van der Waals surface area (Å²) in [5.41, 5.74) is 1.70. The summed E-state index contributed by atoms with van der Waals surface area (Å²) in [4.78, 5) is 11.4. The monoisotopic (exact) mass is 308 g/mol. The summed E-state index contributed by atoms with van der Waals surface area (Å²) in [6.45, 7) is 12.5. The number of rotatable bonds is 3. The van der Waals surface area contributed by atoms with Gasteiger partial charge in [-0.3, -0.25) is 0 Å². The molecule has 2 heterocycles. The van der Waals surface area contributed by atoms with Crippen LogP contribution in [0.4, 0.5) is 5.13 Å². The SMILES string of the molecule is CCNC1CC(C)(C)Cc2nc(N3CCN(C)CC3)sc21. The molecule has 1 aromatic rings. The lowest BCUT2D eigenvalue weighted by molar-refractivity contribution is 0.260. The molecular weight excluding hydrogens is 280 g/mol. The van der Waals surface area contributed by atoms with Gasteiger partial charge >= 0.3 is 0 Å². The van der Waals surface area contributed by atoms with Crippen LogP contribution in [0.5, 0.6) is 0 Å². The number of thiazole rings is 1. The molecular formula is C16H28N4S. The maximum atomic E-state index is 5.01. The second-order valence-corrected chi connectivity index (χ2v) is 8.26. The van der Waals surface area contributed by atoms with E-state index >= 15 is 0 Å². The summed E-state index contributed by atoms with van der Waals surface area (Å²) in [5.74, 6) is 0. The molecule has 0 bridgehead atoms. The molecule has 0 aromatic carbocycles. The largest absolute Gasteiger partial charge is 0.346 e. The van der Waals surface area contributed by atoms with Crippen LogP contribution in [0.15, 0.2) is 0 Å². The van der Waals surface area contributed by atoms with Crippen LogP contribution >= 0.6 is 11.3 Å². The van der Waals surface area contributed by atoms with E-state index < -0.39 is 0 Å². The van der Waals surface area contributed by atoms with Crippen molar-refractivity contribution in [2.45, 2.75) is 39.7 Å². The average Bonchev–Trinajstić information content (AvgIpc) is 2.82. The molecule has 2 aliphatic rings. The quantitative estimate of drug-likeness (QED) is 0.930. The Morgan fingerprint density at radius 1 is 1.29 bits per heavy atom. The van der Waals surface area contributed by atoms with Gasteiger partial charge in [0.2, 0.25) is 0 Å². The molecule has 0 spiro atoms. The molecule has 0 radical (unpaired) electrons. The first kappa shape index (κ1) is 15.3. The summed E-state index contributed by atoms with van der Waals surface area (Å²) in [6.07, 6.45) is 2.34. The Labute approximate surface area is 132 Å². The summed E-state index contributed by atoms with van der Waals surface area (Å²) in [5, 5.41) is 4.91. The molecule has 4 nitrogen and oxygen atoms in total. The molecule has 3 rings (SSSR count). The predicted molar refractivity (Wildman–Crippen MR) is 90.3 cm³/mol. The number of likely N-dealkylation sites (N-methyl/N-ethyl adjacent to an activating group) is 1. The molecule has 0 saturated carbocycles. The van der Waals surface area contributed by atoms with Crippen molar-refractivity contribution in [2.24, 2.45) is 5.41 Å². The second-order valence-electron chi connectivity index (χ2n) is 7.25. The zero-order valence-electron chi connectivity index (χ0n) is 13.8. The molecule has 21 heavy (non-hydrogen) atoms. The predicted octanol–water partition coefficient (Wildman–Crippen LogP) is 2.52. The highest BCUT2D eigenvalue weighted by atomic mass is 32.1. The first-order valence-electron chi connectivity index (χ1n) is 8.15. The van der Waals surface area contributed by atoms with Crippen molar-refractivity contribution in [3.05, 3.63) is 10.6 Å². The van der Waals surface area contributed by atoms with Crippen LogP contribution in [-0.4, -0.2) is 49.7 Å². The third-order valence-electron chi connectivity index (χ3n) is 4.66. The molecule has 1 N–H and O–H groups in total. The first-order chi connectivity index (χ1) is 9.98. The maximum Gasteiger partial charge on any atom is 0.185 e. The minimum Gasteiger partial charge on any atom is -0.346 e. The molecule has 1 unspecified atom stereocenters. The number of nitrogens with one attached hydrogen (secondary N) is 1. The molecule has 0 amide bonds. The van der Waals surface area contributed by atoms with Crippen LogP contribution < -0.4 is 10.2 Å². The van der Waals surface area contributed by atoms with Crippen molar-refractivity contribution in [1.82, 2.24) is 15.2 Å². The average molecular weight is 308 g/mol. The van der Waals surface area contributed by atoms with Gasteiger partial charge in [0.1, 0.15) is 0 Å². The van der Waals surface area contributed by atoms with Gasteiger partial charge in [-0.2, -0.15) is 0 Å². The highest BCUT2D eigenvalue weighted by Gasteiger charge is 2.35. The van der Waals surface area contributed by atoms with Crippen molar-refractivity contribution >= 4 is 16.5 Å². The molecule has 1 atom stereocenters. The zero-order chi connectivity index (χ0) is 15.0. The van der Waals surface area contributed by atoms with Crippen LogP contribution in [-0.2, 0) is 6.42 Å². The number of piperazine rings is 1. The maximum absolute atomic E-state index is 5.01. The Hall–Kier alpha value is -0.650. The Balaban J connectivity index is 1.83. The lowest BCUT2D eigenvalue weighted by Crippen LogP contribution is -2.44. The molecule has 1 aromatic heterocycles. The van der Waals surface area contributed by atoms with Gasteiger partial charge in [-0.1, -0.05) is 32.1 Å². The summed E-state index contributed by atoms with van der Waals surface area (Å²) < 4.78 is 0.